The third kappa shape index (κ3) is 2.90. The zero-order valence-corrected chi connectivity index (χ0v) is 7.70. The van der Waals surface area contributed by atoms with E-state index in [4.69, 9.17) is 2.74 Å². The molecule has 1 aromatic carbocycles. The molecule has 4 nitrogen and oxygen atoms in total. The van der Waals surface area contributed by atoms with Crippen molar-refractivity contribution in [3.63, 3.8) is 0 Å². The summed E-state index contributed by atoms with van der Waals surface area (Å²) in [6, 6.07) is 8.10. The Morgan fingerprint density at radius 2 is 1.93 bits per heavy atom. The van der Waals surface area contributed by atoms with Crippen LogP contribution in [0.1, 0.15) is 8.30 Å². The van der Waals surface area contributed by atoms with Crippen molar-refractivity contribution >= 4 is 11.8 Å². The van der Waals surface area contributed by atoms with Crippen LogP contribution in [-0.2, 0) is 16.1 Å². The molecule has 4 heteroatoms. The van der Waals surface area contributed by atoms with Crippen molar-refractivity contribution in [2.45, 2.75) is 6.50 Å². The molecule has 74 valence electrons. The fourth-order valence-corrected chi connectivity index (χ4v) is 0.821. The Kier molecular flexibility index (Phi) is 2.70. The molecule has 1 rings (SSSR count). The van der Waals surface area contributed by atoms with E-state index in [1.54, 1.807) is 18.2 Å². The fraction of sp³-hybridized carbons (Fsp3) is 0.200. The van der Waals surface area contributed by atoms with Crippen molar-refractivity contribution in [1.82, 2.24) is 10.6 Å². The standard InChI is InChI=1S/C10H12N2O2/c1-11-9(13)10(14)12-7-8-5-3-2-4-6-8/h2-6H,7H2,1H3,(H,11,13)(H,12,14)/i7D2. The van der Waals surface area contributed by atoms with Gasteiger partial charge in [-0.2, -0.15) is 0 Å². The van der Waals surface area contributed by atoms with Crippen molar-refractivity contribution < 1.29 is 12.3 Å². The summed E-state index contributed by atoms with van der Waals surface area (Å²) in [5.74, 6) is -1.88. The van der Waals surface area contributed by atoms with Crippen molar-refractivity contribution in [2.24, 2.45) is 0 Å². The van der Waals surface area contributed by atoms with Crippen LogP contribution in [0.2, 0.25) is 0 Å². The molecule has 0 bridgehead atoms. The summed E-state index contributed by atoms with van der Waals surface area (Å²) in [5, 5.41) is 4.13. The molecule has 0 aliphatic carbocycles. The Morgan fingerprint density at radius 1 is 1.29 bits per heavy atom. The second-order valence-corrected chi connectivity index (χ2v) is 2.52. The van der Waals surface area contributed by atoms with Crippen LogP contribution in [-0.4, -0.2) is 18.9 Å². The molecule has 0 heterocycles. The SMILES string of the molecule is [2H]C([2H])(NC(=O)C(=O)NC)c1ccccc1. The second-order valence-electron chi connectivity index (χ2n) is 2.52. The quantitative estimate of drug-likeness (QED) is 0.653. The van der Waals surface area contributed by atoms with Crippen LogP contribution in [0.4, 0.5) is 0 Å². The van der Waals surface area contributed by atoms with Crippen molar-refractivity contribution in [3.05, 3.63) is 35.9 Å². The first kappa shape index (κ1) is 7.55. The molecule has 14 heavy (non-hydrogen) atoms. The molecule has 2 amide bonds. The summed E-state index contributed by atoms with van der Waals surface area (Å²) in [5.41, 5.74) is 0.284. The Hall–Kier alpha value is -1.84. The summed E-state index contributed by atoms with van der Waals surface area (Å²) >= 11 is 0. The van der Waals surface area contributed by atoms with Gasteiger partial charge in [0.15, 0.2) is 0 Å². The second kappa shape index (κ2) is 5.01. The van der Waals surface area contributed by atoms with Crippen LogP contribution in [0, 0.1) is 0 Å². The number of hydrogen-bond acceptors (Lipinski definition) is 2. The number of carbonyl (C=O) groups is 2. The highest BCUT2D eigenvalue weighted by molar-refractivity contribution is 6.34. The van der Waals surface area contributed by atoms with Gasteiger partial charge in [0.25, 0.3) is 0 Å². The Morgan fingerprint density at radius 3 is 2.50 bits per heavy atom. The van der Waals surface area contributed by atoms with E-state index in [-0.39, 0.29) is 5.56 Å². The van der Waals surface area contributed by atoms with Crippen molar-refractivity contribution in [1.29, 1.82) is 0 Å². The van der Waals surface area contributed by atoms with Gasteiger partial charge in [0.1, 0.15) is 0 Å². The van der Waals surface area contributed by atoms with E-state index in [0.717, 1.165) is 0 Å². The highest BCUT2D eigenvalue weighted by atomic mass is 16.2. The molecule has 0 saturated carbocycles. The van der Waals surface area contributed by atoms with Gasteiger partial charge in [-0.05, 0) is 5.56 Å². The molecule has 0 aliphatic rings. The zero-order chi connectivity index (χ0) is 12.2. The number of amides is 2. The molecule has 0 aromatic heterocycles. The Labute approximate surface area is 85.1 Å². The Bertz CT molecular complexity index is 393. The average molecular weight is 194 g/mol. The minimum atomic E-state index is -2.06. The Balaban J connectivity index is 2.80. The molecule has 0 unspecified atom stereocenters. The third-order valence-corrected chi connectivity index (χ3v) is 1.53. The zero-order valence-electron chi connectivity index (χ0n) is 9.70. The lowest BCUT2D eigenvalue weighted by Gasteiger charge is -2.03. The molecule has 0 aliphatic heterocycles. The molecule has 0 radical (unpaired) electrons. The van der Waals surface area contributed by atoms with Gasteiger partial charge in [-0.3, -0.25) is 9.59 Å². The van der Waals surface area contributed by atoms with Crippen LogP contribution in [0.25, 0.3) is 0 Å². The maximum absolute atomic E-state index is 11.2. The number of carbonyl (C=O) groups excluding carboxylic acids is 2. The molecular weight excluding hydrogens is 180 g/mol. The van der Waals surface area contributed by atoms with E-state index in [9.17, 15) is 9.59 Å². The number of hydrogen-bond donors (Lipinski definition) is 2. The molecular formula is C10H12N2O2. The minimum absolute atomic E-state index is 0.284. The lowest BCUT2D eigenvalue weighted by molar-refractivity contribution is -0.139. The van der Waals surface area contributed by atoms with E-state index in [1.165, 1.54) is 19.2 Å². The minimum Gasteiger partial charge on any atom is -0.351 e. The first-order valence-corrected chi connectivity index (χ1v) is 4.07. The van der Waals surface area contributed by atoms with E-state index < -0.39 is 18.3 Å². The van der Waals surface area contributed by atoms with Crippen LogP contribution >= 0.6 is 0 Å². The van der Waals surface area contributed by atoms with Gasteiger partial charge in [0.2, 0.25) is 0 Å². The fourth-order valence-electron chi connectivity index (χ4n) is 0.821. The van der Waals surface area contributed by atoms with E-state index >= 15 is 0 Å². The molecule has 0 fully saturated rings. The highest BCUT2D eigenvalue weighted by Crippen LogP contribution is 1.96. The third-order valence-electron chi connectivity index (χ3n) is 1.53. The predicted molar refractivity (Wildman–Crippen MR) is 52.4 cm³/mol. The summed E-state index contributed by atoms with van der Waals surface area (Å²) in [7, 11) is 1.31. The molecule has 0 spiro atoms. The van der Waals surface area contributed by atoms with Gasteiger partial charge in [-0.15, -0.1) is 0 Å². The maximum atomic E-state index is 11.2. The van der Waals surface area contributed by atoms with Crippen LogP contribution in [0.3, 0.4) is 0 Å². The highest BCUT2D eigenvalue weighted by Gasteiger charge is 2.09. The monoisotopic (exact) mass is 194 g/mol. The van der Waals surface area contributed by atoms with Crippen LogP contribution in [0.15, 0.2) is 30.3 Å². The first-order chi connectivity index (χ1) is 7.47. The van der Waals surface area contributed by atoms with Gasteiger partial charge in [0, 0.05) is 13.5 Å². The molecule has 1 aromatic rings. The lowest BCUT2D eigenvalue weighted by atomic mass is 10.2. The average Bonchev–Trinajstić information content (AvgIpc) is 2.28. The number of nitrogens with one attached hydrogen (secondary N) is 2. The van der Waals surface area contributed by atoms with Gasteiger partial charge in [0.05, 0.1) is 2.74 Å². The normalized spacial score (nSPS) is 12.4. The number of benzene rings is 1. The van der Waals surface area contributed by atoms with Crippen molar-refractivity contribution in [3.8, 4) is 0 Å². The van der Waals surface area contributed by atoms with Gasteiger partial charge < -0.3 is 10.6 Å². The summed E-state index contributed by atoms with van der Waals surface area (Å²) in [6.45, 7) is -2.06. The summed E-state index contributed by atoms with van der Waals surface area (Å²) in [6.07, 6.45) is 0. The molecule has 2 N–H and O–H groups in total. The smallest absolute Gasteiger partial charge is 0.309 e. The number of rotatable bonds is 2. The van der Waals surface area contributed by atoms with E-state index in [1.807, 2.05) is 5.32 Å². The van der Waals surface area contributed by atoms with Crippen LogP contribution < -0.4 is 10.6 Å². The molecule has 0 atom stereocenters. The van der Waals surface area contributed by atoms with Gasteiger partial charge >= 0.3 is 11.8 Å². The van der Waals surface area contributed by atoms with E-state index in [0.29, 0.717) is 0 Å². The predicted octanol–water partition coefficient (Wildman–Crippen LogP) is 0.0488. The van der Waals surface area contributed by atoms with E-state index in [2.05, 4.69) is 5.32 Å². The largest absolute Gasteiger partial charge is 0.351 e. The maximum Gasteiger partial charge on any atom is 0.309 e. The van der Waals surface area contributed by atoms with Gasteiger partial charge in [-0.1, -0.05) is 30.3 Å². The summed E-state index contributed by atoms with van der Waals surface area (Å²) in [4.78, 5) is 22.1. The first-order valence-electron chi connectivity index (χ1n) is 5.07. The summed E-state index contributed by atoms with van der Waals surface area (Å²) < 4.78 is 15.2. The molecule has 0 saturated heterocycles. The van der Waals surface area contributed by atoms with Gasteiger partial charge in [-0.25, -0.2) is 0 Å². The lowest BCUT2D eigenvalue weighted by Crippen LogP contribution is -2.37. The van der Waals surface area contributed by atoms with Crippen LogP contribution in [0.5, 0.6) is 0 Å². The number of likely N-dealkylation sites (N-methyl/N-ethyl adjacent to an activating group) is 1. The topological polar surface area (TPSA) is 58.2 Å². The van der Waals surface area contributed by atoms with Crippen molar-refractivity contribution in [2.75, 3.05) is 7.05 Å².